The third-order valence-electron chi connectivity index (χ3n) is 7.83. The van der Waals surface area contributed by atoms with E-state index in [2.05, 4.69) is 31.0 Å². The van der Waals surface area contributed by atoms with E-state index < -0.39 is 11.6 Å². The number of carbonyl (C=O) groups is 2. The van der Waals surface area contributed by atoms with E-state index >= 15 is 0 Å². The molecule has 5 nitrogen and oxygen atoms in total. The van der Waals surface area contributed by atoms with Crippen LogP contribution < -0.4 is 5.32 Å². The molecular weight excluding hydrogens is 496 g/mol. The molecule has 2 aromatic rings. The zero-order valence-electron chi connectivity index (χ0n) is 22.0. The Kier molecular flexibility index (Phi) is 8.24. The molecule has 0 bridgehead atoms. The summed E-state index contributed by atoms with van der Waals surface area (Å²) in [5, 5.41) is 3.48. The van der Waals surface area contributed by atoms with Crippen LogP contribution in [0.3, 0.4) is 0 Å². The minimum Gasteiger partial charge on any atom is -0.352 e. The lowest BCUT2D eigenvalue weighted by Gasteiger charge is -2.36. The lowest BCUT2D eigenvalue weighted by Crippen LogP contribution is -2.44. The van der Waals surface area contributed by atoms with E-state index in [4.69, 9.17) is 11.6 Å². The maximum Gasteiger partial charge on any atom is 0.227 e. The van der Waals surface area contributed by atoms with Crippen molar-refractivity contribution in [2.24, 2.45) is 5.92 Å². The topological polar surface area (TPSA) is 52.7 Å². The molecule has 2 atom stereocenters. The molecule has 2 fully saturated rings. The van der Waals surface area contributed by atoms with Crippen molar-refractivity contribution in [1.29, 1.82) is 0 Å². The SMILES string of the molecule is CC(=O)NCc1cc(Cl)ccc1C1CCN(C(=O)C2CN(C(C)(C)C)CC2c2ccc(F)cc2F)CC1. The minimum absolute atomic E-state index is 0.0356. The third-order valence-corrected chi connectivity index (χ3v) is 8.06. The molecule has 200 valence electrons. The zero-order chi connectivity index (χ0) is 26.9. The van der Waals surface area contributed by atoms with Crippen LogP contribution in [-0.2, 0) is 16.1 Å². The molecule has 1 N–H and O–H groups in total. The fraction of sp³-hybridized carbons (Fsp3) is 0.517. The van der Waals surface area contributed by atoms with Gasteiger partial charge in [-0.1, -0.05) is 23.7 Å². The lowest BCUT2D eigenvalue weighted by atomic mass is 9.84. The number of likely N-dealkylation sites (tertiary alicyclic amines) is 2. The second-order valence-electron chi connectivity index (χ2n) is 11.3. The van der Waals surface area contributed by atoms with Gasteiger partial charge in [0.15, 0.2) is 0 Å². The van der Waals surface area contributed by atoms with Crippen LogP contribution in [0.5, 0.6) is 0 Å². The summed E-state index contributed by atoms with van der Waals surface area (Å²) in [5.41, 5.74) is 2.38. The molecule has 2 aromatic carbocycles. The summed E-state index contributed by atoms with van der Waals surface area (Å²) < 4.78 is 28.4. The van der Waals surface area contributed by atoms with Gasteiger partial charge in [-0.15, -0.1) is 0 Å². The van der Waals surface area contributed by atoms with Crippen LogP contribution in [-0.4, -0.2) is 53.3 Å². The van der Waals surface area contributed by atoms with E-state index in [0.29, 0.717) is 43.3 Å². The molecule has 8 heteroatoms. The largest absolute Gasteiger partial charge is 0.352 e. The summed E-state index contributed by atoms with van der Waals surface area (Å²) in [5.74, 6) is -1.73. The van der Waals surface area contributed by atoms with E-state index in [1.54, 1.807) is 0 Å². The van der Waals surface area contributed by atoms with Gasteiger partial charge in [0.1, 0.15) is 11.6 Å². The molecule has 0 radical (unpaired) electrons. The molecule has 0 aromatic heterocycles. The third kappa shape index (κ3) is 6.32. The summed E-state index contributed by atoms with van der Waals surface area (Å²) in [6.07, 6.45) is 1.59. The number of nitrogens with zero attached hydrogens (tertiary/aromatic N) is 2. The van der Waals surface area contributed by atoms with Gasteiger partial charge in [0.25, 0.3) is 0 Å². The molecular formula is C29H36ClF2N3O2. The number of amides is 2. The van der Waals surface area contributed by atoms with Gasteiger partial charge in [-0.2, -0.15) is 0 Å². The molecule has 2 saturated heterocycles. The zero-order valence-corrected chi connectivity index (χ0v) is 22.7. The van der Waals surface area contributed by atoms with Crippen LogP contribution >= 0.6 is 11.6 Å². The second kappa shape index (κ2) is 11.1. The molecule has 2 aliphatic rings. The summed E-state index contributed by atoms with van der Waals surface area (Å²) in [6, 6.07) is 9.46. The Labute approximate surface area is 223 Å². The van der Waals surface area contributed by atoms with Crippen LogP contribution in [0.15, 0.2) is 36.4 Å². The number of benzene rings is 2. The first-order valence-corrected chi connectivity index (χ1v) is 13.3. The van der Waals surface area contributed by atoms with Crippen molar-refractivity contribution in [3.8, 4) is 0 Å². The predicted octanol–water partition coefficient (Wildman–Crippen LogP) is 5.47. The summed E-state index contributed by atoms with van der Waals surface area (Å²) >= 11 is 6.22. The van der Waals surface area contributed by atoms with Crippen LogP contribution in [0.4, 0.5) is 8.78 Å². The van der Waals surface area contributed by atoms with Gasteiger partial charge in [-0.3, -0.25) is 14.5 Å². The Morgan fingerprint density at radius 2 is 1.70 bits per heavy atom. The van der Waals surface area contributed by atoms with Gasteiger partial charge in [-0.25, -0.2) is 8.78 Å². The van der Waals surface area contributed by atoms with Crippen LogP contribution in [0.1, 0.15) is 69.1 Å². The first kappa shape index (κ1) is 27.5. The van der Waals surface area contributed by atoms with Gasteiger partial charge >= 0.3 is 0 Å². The van der Waals surface area contributed by atoms with Gasteiger partial charge in [0.05, 0.1) is 5.92 Å². The van der Waals surface area contributed by atoms with Gasteiger partial charge in [-0.05, 0) is 74.4 Å². The van der Waals surface area contributed by atoms with Crippen LogP contribution in [0, 0.1) is 17.6 Å². The number of rotatable bonds is 5. The maximum atomic E-state index is 14.8. The molecule has 2 aliphatic heterocycles. The Hall–Kier alpha value is -2.51. The molecule has 37 heavy (non-hydrogen) atoms. The fourth-order valence-electron chi connectivity index (χ4n) is 5.71. The van der Waals surface area contributed by atoms with Crippen LogP contribution in [0.25, 0.3) is 0 Å². The van der Waals surface area contributed by atoms with E-state index in [1.807, 2.05) is 23.1 Å². The van der Waals surface area contributed by atoms with Crippen molar-refractivity contribution in [2.45, 2.75) is 64.5 Å². The molecule has 4 rings (SSSR count). The van der Waals surface area contributed by atoms with Crippen molar-refractivity contribution in [3.63, 3.8) is 0 Å². The second-order valence-corrected chi connectivity index (χ2v) is 11.7. The Morgan fingerprint density at radius 1 is 1.03 bits per heavy atom. The predicted molar refractivity (Wildman–Crippen MR) is 141 cm³/mol. The van der Waals surface area contributed by atoms with E-state index in [9.17, 15) is 18.4 Å². The van der Waals surface area contributed by atoms with Crippen molar-refractivity contribution in [1.82, 2.24) is 15.1 Å². The average Bonchev–Trinajstić information content (AvgIpc) is 3.28. The molecule has 0 saturated carbocycles. The standard InChI is InChI=1S/C29H36ClF2N3O2/c1-18(36)33-15-20-13-21(30)5-7-23(20)19-9-11-34(12-10-19)28(37)26-17-35(29(2,3)4)16-25(26)24-8-6-22(31)14-27(24)32/h5-8,13-14,19,25-26H,9-12,15-17H2,1-4H3,(H,33,36). The Balaban J connectivity index is 1.50. The monoisotopic (exact) mass is 531 g/mol. The highest BCUT2D eigenvalue weighted by molar-refractivity contribution is 6.30. The molecule has 2 heterocycles. The molecule has 0 aliphatic carbocycles. The smallest absolute Gasteiger partial charge is 0.227 e. The highest BCUT2D eigenvalue weighted by Crippen LogP contribution is 2.40. The number of nitrogens with one attached hydrogen (secondary N) is 1. The Bertz CT molecular complexity index is 1160. The van der Waals surface area contributed by atoms with Crippen molar-refractivity contribution in [3.05, 3.63) is 69.7 Å². The van der Waals surface area contributed by atoms with E-state index in [0.717, 1.165) is 30.0 Å². The van der Waals surface area contributed by atoms with E-state index in [1.165, 1.54) is 19.1 Å². The summed E-state index contributed by atoms with van der Waals surface area (Å²) in [4.78, 5) is 29.4. The normalized spacial score (nSPS) is 21.3. The highest BCUT2D eigenvalue weighted by atomic mass is 35.5. The highest BCUT2D eigenvalue weighted by Gasteiger charge is 2.44. The maximum absolute atomic E-state index is 14.8. The number of hydrogen-bond donors (Lipinski definition) is 1. The first-order valence-electron chi connectivity index (χ1n) is 13.0. The van der Waals surface area contributed by atoms with Gasteiger partial charge in [0, 0.05) is 62.2 Å². The van der Waals surface area contributed by atoms with Gasteiger partial charge < -0.3 is 10.2 Å². The van der Waals surface area contributed by atoms with Crippen molar-refractivity contribution >= 4 is 23.4 Å². The quantitative estimate of drug-likeness (QED) is 0.556. The average molecular weight is 532 g/mol. The van der Waals surface area contributed by atoms with Crippen molar-refractivity contribution < 1.29 is 18.4 Å². The number of halogens is 3. The first-order chi connectivity index (χ1) is 17.4. The lowest BCUT2D eigenvalue weighted by molar-refractivity contribution is -0.136. The molecule has 2 unspecified atom stereocenters. The fourth-order valence-corrected chi connectivity index (χ4v) is 5.90. The van der Waals surface area contributed by atoms with Crippen LogP contribution in [0.2, 0.25) is 5.02 Å². The number of carbonyl (C=O) groups excluding carboxylic acids is 2. The molecule has 0 spiro atoms. The van der Waals surface area contributed by atoms with Gasteiger partial charge in [0.2, 0.25) is 11.8 Å². The van der Waals surface area contributed by atoms with Crippen molar-refractivity contribution in [2.75, 3.05) is 26.2 Å². The van der Waals surface area contributed by atoms with E-state index in [-0.39, 0.29) is 35.1 Å². The minimum atomic E-state index is -0.614. The number of hydrogen-bond acceptors (Lipinski definition) is 3. The molecule has 2 amide bonds. The summed E-state index contributed by atoms with van der Waals surface area (Å²) in [7, 11) is 0. The Morgan fingerprint density at radius 3 is 2.32 bits per heavy atom. The number of piperidine rings is 1. The summed E-state index contributed by atoms with van der Waals surface area (Å²) in [6.45, 7) is 10.5.